The number of carbonyl (C=O) groups is 2. The van der Waals surface area contributed by atoms with Crippen molar-refractivity contribution in [3.05, 3.63) is 88.9 Å². The van der Waals surface area contributed by atoms with Crippen LogP contribution in [0.3, 0.4) is 0 Å². The summed E-state index contributed by atoms with van der Waals surface area (Å²) in [7, 11) is 0. The maximum Gasteiger partial charge on any atom is 0.300 e. The smallest absolute Gasteiger partial charge is 0.300 e. The minimum absolute atomic E-state index is 0.0699. The van der Waals surface area contributed by atoms with Crippen molar-refractivity contribution in [1.82, 2.24) is 0 Å². The molecule has 1 saturated heterocycles. The molecule has 0 radical (unpaired) electrons. The minimum Gasteiger partial charge on any atom is -0.507 e. The standard InChI is InChI=1S/C27H24N2O5/c1-16(2)15-33-21-11-7-19(8-12-21)25(30)23-24(22-13-4-17(3)34-22)29(27(32)26(23)31)20-9-5-18(14-28)6-10-20/h4-13,16,24,30H,15H2,1-3H3/b25-23-. The molecule has 1 atom stereocenters. The Hall–Kier alpha value is -4.31. The molecule has 1 aliphatic rings. The first-order valence-electron chi connectivity index (χ1n) is 10.9. The third-order valence-corrected chi connectivity index (χ3v) is 5.46. The molecular formula is C27H24N2O5. The van der Waals surface area contributed by atoms with E-state index in [9.17, 15) is 14.7 Å². The number of aliphatic hydroxyl groups excluding tert-OH is 1. The van der Waals surface area contributed by atoms with Crippen molar-refractivity contribution in [2.75, 3.05) is 11.5 Å². The molecule has 2 aromatic carbocycles. The second-order valence-electron chi connectivity index (χ2n) is 8.51. The number of carbonyl (C=O) groups excluding carboxylic acids is 2. The number of ketones is 1. The molecule has 4 rings (SSSR count). The fourth-order valence-corrected chi connectivity index (χ4v) is 3.79. The molecule has 1 N–H and O–H groups in total. The van der Waals surface area contributed by atoms with Gasteiger partial charge >= 0.3 is 0 Å². The largest absolute Gasteiger partial charge is 0.507 e. The number of aryl methyl sites for hydroxylation is 1. The predicted molar refractivity (Wildman–Crippen MR) is 126 cm³/mol. The van der Waals surface area contributed by atoms with Gasteiger partial charge in [-0.05, 0) is 73.5 Å². The van der Waals surface area contributed by atoms with Crippen molar-refractivity contribution in [2.45, 2.75) is 26.8 Å². The van der Waals surface area contributed by atoms with Gasteiger partial charge in [-0.1, -0.05) is 13.8 Å². The summed E-state index contributed by atoms with van der Waals surface area (Å²) in [4.78, 5) is 27.5. The van der Waals surface area contributed by atoms with Gasteiger partial charge in [0, 0.05) is 11.3 Å². The lowest BCUT2D eigenvalue weighted by atomic mass is 9.99. The Morgan fingerprint density at radius 3 is 2.32 bits per heavy atom. The van der Waals surface area contributed by atoms with Crippen LogP contribution in [0.15, 0.2) is 70.7 Å². The lowest BCUT2D eigenvalue weighted by Gasteiger charge is -2.23. The van der Waals surface area contributed by atoms with E-state index in [1.807, 2.05) is 19.9 Å². The number of anilines is 1. The Balaban J connectivity index is 1.79. The number of hydrogen-bond donors (Lipinski definition) is 1. The summed E-state index contributed by atoms with van der Waals surface area (Å²) in [5.74, 6) is 0.0447. The molecule has 7 heteroatoms. The summed E-state index contributed by atoms with van der Waals surface area (Å²) < 4.78 is 11.5. The van der Waals surface area contributed by atoms with E-state index in [0.717, 1.165) is 0 Å². The van der Waals surface area contributed by atoms with E-state index in [4.69, 9.17) is 14.4 Å². The number of Topliss-reactive ketones (excluding diaryl/α,β-unsaturated/α-hetero) is 1. The molecule has 1 aromatic heterocycles. The van der Waals surface area contributed by atoms with Crippen LogP contribution in [0.4, 0.5) is 5.69 Å². The van der Waals surface area contributed by atoms with E-state index >= 15 is 0 Å². The summed E-state index contributed by atoms with van der Waals surface area (Å²) in [6.45, 7) is 6.40. The molecule has 1 unspecified atom stereocenters. The molecular weight excluding hydrogens is 432 g/mol. The van der Waals surface area contributed by atoms with Crippen LogP contribution >= 0.6 is 0 Å². The van der Waals surface area contributed by atoms with Crippen molar-refractivity contribution in [2.24, 2.45) is 5.92 Å². The molecule has 3 aromatic rings. The number of benzene rings is 2. The number of ether oxygens (including phenoxy) is 1. The van der Waals surface area contributed by atoms with Crippen LogP contribution in [-0.2, 0) is 9.59 Å². The highest BCUT2D eigenvalue weighted by atomic mass is 16.5. The fraction of sp³-hybridized carbons (Fsp3) is 0.222. The minimum atomic E-state index is -0.960. The molecule has 0 saturated carbocycles. The highest BCUT2D eigenvalue weighted by molar-refractivity contribution is 6.51. The maximum atomic E-state index is 13.1. The number of aliphatic hydroxyl groups is 1. The summed E-state index contributed by atoms with van der Waals surface area (Å²) in [6, 6.07) is 17.5. The zero-order valence-corrected chi connectivity index (χ0v) is 19.1. The molecule has 7 nitrogen and oxygen atoms in total. The highest BCUT2D eigenvalue weighted by Gasteiger charge is 2.48. The molecule has 1 fully saturated rings. The zero-order valence-electron chi connectivity index (χ0n) is 19.1. The number of nitriles is 1. The average molecular weight is 456 g/mol. The number of rotatable bonds is 6. The third kappa shape index (κ3) is 4.30. The third-order valence-electron chi connectivity index (χ3n) is 5.46. The van der Waals surface area contributed by atoms with E-state index in [1.54, 1.807) is 67.6 Å². The van der Waals surface area contributed by atoms with Gasteiger partial charge in [-0.15, -0.1) is 0 Å². The van der Waals surface area contributed by atoms with Crippen molar-refractivity contribution < 1.29 is 23.8 Å². The quantitative estimate of drug-likeness (QED) is 0.314. The van der Waals surface area contributed by atoms with Crippen LogP contribution in [0.2, 0.25) is 0 Å². The van der Waals surface area contributed by atoms with E-state index in [1.165, 1.54) is 4.90 Å². The topological polar surface area (TPSA) is 104 Å². The van der Waals surface area contributed by atoms with Crippen LogP contribution in [0, 0.1) is 24.2 Å². The van der Waals surface area contributed by atoms with Gasteiger partial charge in [0.1, 0.15) is 29.1 Å². The molecule has 1 amide bonds. The Bertz CT molecular complexity index is 1290. The molecule has 0 spiro atoms. The predicted octanol–water partition coefficient (Wildman–Crippen LogP) is 5.12. The first-order chi connectivity index (χ1) is 16.3. The van der Waals surface area contributed by atoms with Crippen LogP contribution in [0.1, 0.15) is 42.5 Å². The number of hydrogen-bond acceptors (Lipinski definition) is 6. The molecule has 2 heterocycles. The van der Waals surface area contributed by atoms with Crippen LogP contribution in [0.25, 0.3) is 5.76 Å². The van der Waals surface area contributed by atoms with Gasteiger partial charge in [-0.25, -0.2) is 0 Å². The van der Waals surface area contributed by atoms with E-state index in [0.29, 0.717) is 46.6 Å². The second kappa shape index (κ2) is 9.28. The van der Waals surface area contributed by atoms with Gasteiger partial charge in [0.05, 0.1) is 23.8 Å². The van der Waals surface area contributed by atoms with Gasteiger partial charge < -0.3 is 14.3 Å². The normalized spacial score (nSPS) is 17.3. The molecule has 34 heavy (non-hydrogen) atoms. The number of nitrogens with zero attached hydrogens (tertiary/aromatic N) is 2. The van der Waals surface area contributed by atoms with E-state index < -0.39 is 17.7 Å². The number of amides is 1. The van der Waals surface area contributed by atoms with Crippen LogP contribution < -0.4 is 9.64 Å². The first kappa shape index (κ1) is 22.9. The summed E-state index contributed by atoms with van der Waals surface area (Å²) in [5, 5.41) is 20.2. The Labute approximate surface area is 197 Å². The van der Waals surface area contributed by atoms with Gasteiger partial charge in [0.15, 0.2) is 0 Å². The SMILES string of the molecule is Cc1ccc(C2/C(=C(/O)c3ccc(OCC(C)C)cc3)C(=O)C(=O)N2c2ccc(C#N)cc2)o1. The highest BCUT2D eigenvalue weighted by Crippen LogP contribution is 2.42. The van der Waals surface area contributed by atoms with E-state index in [-0.39, 0.29) is 11.3 Å². The van der Waals surface area contributed by atoms with Crippen LogP contribution in [0.5, 0.6) is 5.75 Å². The summed E-state index contributed by atoms with van der Waals surface area (Å²) in [5.41, 5.74) is 1.14. The van der Waals surface area contributed by atoms with Gasteiger partial charge in [-0.3, -0.25) is 14.5 Å². The monoisotopic (exact) mass is 456 g/mol. The fourth-order valence-electron chi connectivity index (χ4n) is 3.79. The first-order valence-corrected chi connectivity index (χ1v) is 10.9. The molecule has 1 aliphatic heterocycles. The lowest BCUT2D eigenvalue weighted by molar-refractivity contribution is -0.132. The van der Waals surface area contributed by atoms with Crippen molar-refractivity contribution >= 4 is 23.1 Å². The lowest BCUT2D eigenvalue weighted by Crippen LogP contribution is -2.29. The Morgan fingerprint density at radius 1 is 1.09 bits per heavy atom. The van der Waals surface area contributed by atoms with Crippen molar-refractivity contribution in [3.63, 3.8) is 0 Å². The molecule has 0 aliphatic carbocycles. The zero-order chi connectivity index (χ0) is 24.4. The van der Waals surface area contributed by atoms with E-state index in [2.05, 4.69) is 0 Å². The van der Waals surface area contributed by atoms with Crippen molar-refractivity contribution in [1.29, 1.82) is 5.26 Å². The van der Waals surface area contributed by atoms with Crippen LogP contribution in [-0.4, -0.2) is 23.4 Å². The Morgan fingerprint density at radius 2 is 1.76 bits per heavy atom. The maximum absolute atomic E-state index is 13.1. The molecule has 172 valence electrons. The van der Waals surface area contributed by atoms with Gasteiger partial charge in [0.25, 0.3) is 11.7 Å². The van der Waals surface area contributed by atoms with Crippen molar-refractivity contribution in [3.8, 4) is 11.8 Å². The molecule has 0 bridgehead atoms. The number of furan rings is 1. The van der Waals surface area contributed by atoms with Gasteiger partial charge in [0.2, 0.25) is 0 Å². The van der Waals surface area contributed by atoms with Gasteiger partial charge in [-0.2, -0.15) is 5.26 Å². The summed E-state index contributed by atoms with van der Waals surface area (Å²) >= 11 is 0. The second-order valence-corrected chi connectivity index (χ2v) is 8.51. The summed E-state index contributed by atoms with van der Waals surface area (Å²) in [6.07, 6.45) is 0. The average Bonchev–Trinajstić information content (AvgIpc) is 3.38. The Kier molecular flexibility index (Phi) is 6.24.